The van der Waals surface area contributed by atoms with Gasteiger partial charge in [-0.15, -0.1) is 5.10 Å². The summed E-state index contributed by atoms with van der Waals surface area (Å²) in [5, 5.41) is 19.1. The molecule has 3 rings (SSSR count). The summed E-state index contributed by atoms with van der Waals surface area (Å²) in [6.07, 6.45) is 2.56. The summed E-state index contributed by atoms with van der Waals surface area (Å²) in [4.78, 5) is 51.8. The Bertz CT molecular complexity index is 1320. The van der Waals surface area contributed by atoms with Crippen molar-refractivity contribution < 1.29 is 29.0 Å². The maximum absolute atomic E-state index is 12.5. The van der Waals surface area contributed by atoms with Gasteiger partial charge in [0, 0.05) is 19.8 Å². The highest BCUT2D eigenvalue weighted by Gasteiger charge is 2.22. The Labute approximate surface area is 226 Å². The highest BCUT2D eigenvalue weighted by Crippen LogP contribution is 2.24. The van der Waals surface area contributed by atoms with E-state index in [4.69, 9.17) is 0 Å². The van der Waals surface area contributed by atoms with Gasteiger partial charge in [-0.05, 0) is 35.6 Å². The molecule has 2 amide bonds. The smallest absolute Gasteiger partial charge is 0.336 e. The molecule has 0 saturated carbocycles. The summed E-state index contributed by atoms with van der Waals surface area (Å²) in [5.41, 5.74) is 2.60. The Hall–Kier alpha value is -4.54. The van der Waals surface area contributed by atoms with Crippen molar-refractivity contribution in [3.63, 3.8) is 0 Å². The number of carbonyl (C=O) groups is 4. The van der Waals surface area contributed by atoms with Crippen molar-refractivity contribution in [2.45, 2.75) is 58.5 Å². The van der Waals surface area contributed by atoms with E-state index in [-0.39, 0.29) is 24.4 Å². The van der Waals surface area contributed by atoms with Gasteiger partial charge in [0.1, 0.15) is 11.9 Å². The molecule has 1 aromatic heterocycles. The maximum atomic E-state index is 12.5. The first-order chi connectivity index (χ1) is 18.7. The van der Waals surface area contributed by atoms with Gasteiger partial charge in [-0.2, -0.15) is 4.98 Å². The first kappa shape index (κ1) is 29.0. The Kier molecular flexibility index (Phi) is 10.3. The largest absolute Gasteiger partial charge is 0.478 e. The molecule has 206 valence electrons. The van der Waals surface area contributed by atoms with Crippen LogP contribution in [0.3, 0.4) is 0 Å². The lowest BCUT2D eigenvalue weighted by Crippen LogP contribution is -2.40. The van der Waals surface area contributed by atoms with E-state index in [1.165, 1.54) is 14.0 Å². The number of aryl methyl sites for hydroxylation is 1. The summed E-state index contributed by atoms with van der Waals surface area (Å²) in [7, 11) is 1.22. The Balaban J connectivity index is 1.71. The molecule has 0 bridgehead atoms. The molecule has 1 heterocycles. The number of anilines is 1. The van der Waals surface area contributed by atoms with Crippen LogP contribution in [0, 0.1) is 0 Å². The average Bonchev–Trinajstić information content (AvgIpc) is 3.29. The van der Waals surface area contributed by atoms with Gasteiger partial charge in [-0.1, -0.05) is 55.8 Å². The number of carboxylic acids is 1. The predicted octanol–water partition coefficient (Wildman–Crippen LogP) is 3.43. The Morgan fingerprint density at radius 2 is 1.79 bits per heavy atom. The number of nitrogens with one attached hydrogen (secondary N) is 2. The number of amides is 2. The van der Waals surface area contributed by atoms with E-state index in [0.717, 1.165) is 29.8 Å². The van der Waals surface area contributed by atoms with Gasteiger partial charge in [-0.25, -0.2) is 14.3 Å². The van der Waals surface area contributed by atoms with E-state index >= 15 is 0 Å². The minimum absolute atomic E-state index is 0.0435. The summed E-state index contributed by atoms with van der Waals surface area (Å²) in [5.74, 6) is -1.52. The molecule has 0 aliphatic heterocycles. The van der Waals surface area contributed by atoms with E-state index in [2.05, 4.69) is 32.4 Å². The molecule has 3 N–H and O–H groups in total. The minimum atomic E-state index is -0.983. The first-order valence-corrected chi connectivity index (χ1v) is 12.7. The zero-order valence-electron chi connectivity index (χ0n) is 22.3. The lowest BCUT2D eigenvalue weighted by Gasteiger charge is -2.14. The van der Waals surface area contributed by atoms with Gasteiger partial charge in [0.2, 0.25) is 17.8 Å². The van der Waals surface area contributed by atoms with Crippen LogP contribution in [0.15, 0.2) is 48.5 Å². The molecule has 1 atom stereocenters. The third kappa shape index (κ3) is 8.22. The summed E-state index contributed by atoms with van der Waals surface area (Å²) >= 11 is 0. The number of aromatic nitrogens is 3. The number of carboxylic acid groups (broad SMARTS) is 1. The molecule has 11 heteroatoms. The fraction of sp³-hybridized carbons (Fsp3) is 0.357. The standard InChI is InChI=1S/C28H33N5O6/c1-4-5-10-24-30-28(31-25(35)16-15-23(27(38)39-3)29-18(2)34)32-33(24)17-19-11-13-20(14-12-19)21-8-6-7-9-22(21)26(36)37/h6-9,11-14,23H,4-5,10,15-17H2,1-3H3,(H,29,34)(H,36,37)(H,31,32,35). The molecule has 2 aromatic carbocycles. The van der Waals surface area contributed by atoms with Crippen molar-refractivity contribution in [1.29, 1.82) is 0 Å². The summed E-state index contributed by atoms with van der Waals surface area (Å²) in [6.45, 7) is 3.77. The second-order valence-electron chi connectivity index (χ2n) is 9.02. The quantitative estimate of drug-likeness (QED) is 0.282. The molecule has 3 aromatic rings. The third-order valence-corrected chi connectivity index (χ3v) is 6.03. The number of ether oxygens (including phenoxy) is 1. The number of hydrogen-bond donors (Lipinski definition) is 3. The van der Waals surface area contributed by atoms with Crippen LogP contribution >= 0.6 is 0 Å². The molecule has 0 aliphatic carbocycles. The third-order valence-electron chi connectivity index (χ3n) is 6.03. The SMILES string of the molecule is CCCCc1nc(NC(=O)CCC(NC(C)=O)C(=O)OC)nn1Cc1ccc(-c2ccccc2C(=O)O)cc1. The second kappa shape index (κ2) is 13.8. The van der Waals surface area contributed by atoms with E-state index < -0.39 is 29.8 Å². The number of hydrogen-bond acceptors (Lipinski definition) is 7. The highest BCUT2D eigenvalue weighted by molar-refractivity contribution is 5.96. The van der Waals surface area contributed by atoms with Crippen molar-refractivity contribution in [1.82, 2.24) is 20.1 Å². The fourth-order valence-electron chi connectivity index (χ4n) is 4.06. The normalized spacial score (nSPS) is 11.5. The van der Waals surface area contributed by atoms with Crippen LogP contribution in [0.2, 0.25) is 0 Å². The van der Waals surface area contributed by atoms with E-state index in [9.17, 15) is 24.3 Å². The van der Waals surface area contributed by atoms with Gasteiger partial charge < -0.3 is 15.2 Å². The minimum Gasteiger partial charge on any atom is -0.478 e. The van der Waals surface area contributed by atoms with Crippen LogP contribution < -0.4 is 10.6 Å². The number of aromatic carboxylic acids is 1. The van der Waals surface area contributed by atoms with Crippen molar-refractivity contribution in [3.8, 4) is 11.1 Å². The van der Waals surface area contributed by atoms with Gasteiger partial charge >= 0.3 is 11.9 Å². The summed E-state index contributed by atoms with van der Waals surface area (Å²) in [6, 6.07) is 13.5. The fourth-order valence-corrected chi connectivity index (χ4v) is 4.06. The molecule has 0 spiro atoms. The zero-order chi connectivity index (χ0) is 28.4. The molecule has 0 radical (unpaired) electrons. The molecule has 1 unspecified atom stereocenters. The Morgan fingerprint density at radius 3 is 2.44 bits per heavy atom. The van der Waals surface area contributed by atoms with Crippen LogP contribution in [-0.4, -0.2) is 56.8 Å². The number of rotatable bonds is 13. The topological polar surface area (TPSA) is 153 Å². The lowest BCUT2D eigenvalue weighted by molar-refractivity contribution is -0.145. The van der Waals surface area contributed by atoms with Crippen molar-refractivity contribution >= 4 is 29.7 Å². The number of unbranched alkanes of at least 4 members (excludes halogenated alkanes) is 1. The van der Waals surface area contributed by atoms with E-state index in [1.807, 2.05) is 24.3 Å². The van der Waals surface area contributed by atoms with Crippen LogP contribution in [-0.2, 0) is 32.1 Å². The highest BCUT2D eigenvalue weighted by atomic mass is 16.5. The molecular weight excluding hydrogens is 502 g/mol. The molecular formula is C28H33N5O6. The monoisotopic (exact) mass is 535 g/mol. The number of methoxy groups -OCH3 is 1. The molecule has 0 aliphatic rings. The van der Waals surface area contributed by atoms with Crippen LogP contribution in [0.25, 0.3) is 11.1 Å². The maximum Gasteiger partial charge on any atom is 0.336 e. The molecule has 39 heavy (non-hydrogen) atoms. The van der Waals surface area contributed by atoms with Crippen LogP contribution in [0.4, 0.5) is 5.95 Å². The number of esters is 1. The molecule has 11 nitrogen and oxygen atoms in total. The van der Waals surface area contributed by atoms with Gasteiger partial charge in [-0.3, -0.25) is 14.9 Å². The van der Waals surface area contributed by atoms with Crippen LogP contribution in [0.5, 0.6) is 0 Å². The van der Waals surface area contributed by atoms with Gasteiger partial charge in [0.25, 0.3) is 0 Å². The second-order valence-corrected chi connectivity index (χ2v) is 9.02. The van der Waals surface area contributed by atoms with Crippen molar-refractivity contribution in [2.24, 2.45) is 0 Å². The molecule has 0 fully saturated rings. The lowest BCUT2D eigenvalue weighted by atomic mass is 9.99. The Morgan fingerprint density at radius 1 is 1.08 bits per heavy atom. The van der Waals surface area contributed by atoms with Crippen LogP contribution in [0.1, 0.15) is 61.3 Å². The zero-order valence-corrected chi connectivity index (χ0v) is 22.3. The number of benzene rings is 2. The van der Waals surface area contributed by atoms with Crippen molar-refractivity contribution in [2.75, 3.05) is 12.4 Å². The van der Waals surface area contributed by atoms with E-state index in [1.54, 1.807) is 28.9 Å². The average molecular weight is 536 g/mol. The predicted molar refractivity (Wildman–Crippen MR) is 144 cm³/mol. The molecule has 0 saturated heterocycles. The number of carbonyl (C=O) groups excluding carboxylic acids is 3. The van der Waals surface area contributed by atoms with Crippen molar-refractivity contribution in [3.05, 3.63) is 65.5 Å². The first-order valence-electron chi connectivity index (χ1n) is 12.7. The van der Waals surface area contributed by atoms with E-state index in [0.29, 0.717) is 18.5 Å². The summed E-state index contributed by atoms with van der Waals surface area (Å²) < 4.78 is 6.42. The van der Waals surface area contributed by atoms with Gasteiger partial charge in [0.05, 0.1) is 19.2 Å². The number of nitrogens with zero attached hydrogens (tertiary/aromatic N) is 3. The van der Waals surface area contributed by atoms with Gasteiger partial charge in [0.15, 0.2) is 0 Å².